The van der Waals surface area contributed by atoms with Gasteiger partial charge in [0.25, 0.3) is 0 Å². The molecule has 1 aromatic rings. The first kappa shape index (κ1) is 15.2. The van der Waals surface area contributed by atoms with Crippen molar-refractivity contribution in [1.82, 2.24) is 0 Å². The summed E-state index contributed by atoms with van der Waals surface area (Å²) in [4.78, 5) is 12.7. The van der Waals surface area contributed by atoms with Crippen molar-refractivity contribution in [2.24, 2.45) is 5.92 Å². The Morgan fingerprint density at radius 3 is 2.68 bits per heavy atom. The summed E-state index contributed by atoms with van der Waals surface area (Å²) in [6, 6.07) is 4.46. The Hall–Kier alpha value is -1.84. The Morgan fingerprint density at radius 2 is 2.16 bits per heavy atom. The van der Waals surface area contributed by atoms with Crippen LogP contribution in [0.5, 0.6) is 0 Å². The van der Waals surface area contributed by atoms with E-state index in [4.69, 9.17) is 5.11 Å². The Kier molecular flexibility index (Phi) is 5.55. The van der Waals surface area contributed by atoms with E-state index >= 15 is 0 Å². The average molecular weight is 265 g/mol. The molecule has 1 aromatic carbocycles. The molecule has 0 spiro atoms. The van der Waals surface area contributed by atoms with E-state index in [9.17, 15) is 9.18 Å². The number of carbonyl (C=O) groups is 1. The van der Waals surface area contributed by atoms with E-state index in [-0.39, 0.29) is 5.82 Å². The molecule has 0 radical (unpaired) electrons. The molecule has 0 amide bonds. The molecule has 104 valence electrons. The van der Waals surface area contributed by atoms with Crippen LogP contribution in [0.3, 0.4) is 0 Å². The second-order valence-electron chi connectivity index (χ2n) is 4.81. The molecular formula is C15H20FNO2. The third-order valence-corrected chi connectivity index (χ3v) is 2.70. The fourth-order valence-electron chi connectivity index (χ4n) is 1.95. The SMILES string of the molecule is CCN(CC(C)C)c1ccc(F)cc1/C=C/C(=O)O. The lowest BCUT2D eigenvalue weighted by Crippen LogP contribution is -2.27. The first-order chi connectivity index (χ1) is 8.93. The molecular weight excluding hydrogens is 245 g/mol. The molecule has 0 saturated carbocycles. The summed E-state index contributed by atoms with van der Waals surface area (Å²) < 4.78 is 13.3. The highest BCUT2D eigenvalue weighted by Crippen LogP contribution is 2.24. The zero-order valence-corrected chi connectivity index (χ0v) is 11.6. The van der Waals surface area contributed by atoms with Gasteiger partial charge in [-0.3, -0.25) is 0 Å². The van der Waals surface area contributed by atoms with Crippen molar-refractivity contribution < 1.29 is 14.3 Å². The van der Waals surface area contributed by atoms with Crippen molar-refractivity contribution in [3.63, 3.8) is 0 Å². The normalized spacial score (nSPS) is 11.2. The largest absolute Gasteiger partial charge is 0.478 e. The van der Waals surface area contributed by atoms with Gasteiger partial charge in [0.15, 0.2) is 0 Å². The minimum absolute atomic E-state index is 0.366. The van der Waals surface area contributed by atoms with E-state index in [0.29, 0.717) is 11.5 Å². The number of carboxylic acids is 1. The molecule has 4 heteroatoms. The molecule has 0 aliphatic heterocycles. The van der Waals surface area contributed by atoms with Crippen LogP contribution in [0.2, 0.25) is 0 Å². The number of nitrogens with zero attached hydrogens (tertiary/aromatic N) is 1. The Labute approximate surface area is 113 Å². The van der Waals surface area contributed by atoms with Crippen LogP contribution in [0.4, 0.5) is 10.1 Å². The first-order valence-corrected chi connectivity index (χ1v) is 6.39. The van der Waals surface area contributed by atoms with Gasteiger partial charge in [0, 0.05) is 30.4 Å². The minimum Gasteiger partial charge on any atom is -0.478 e. The highest BCUT2D eigenvalue weighted by Gasteiger charge is 2.11. The number of aliphatic carboxylic acids is 1. The van der Waals surface area contributed by atoms with Crippen LogP contribution in [-0.2, 0) is 4.79 Å². The fraction of sp³-hybridized carbons (Fsp3) is 0.400. The summed E-state index contributed by atoms with van der Waals surface area (Å²) in [6.07, 6.45) is 2.46. The van der Waals surface area contributed by atoms with Crippen LogP contribution in [0.15, 0.2) is 24.3 Å². The van der Waals surface area contributed by atoms with Gasteiger partial charge in [-0.05, 0) is 37.1 Å². The monoisotopic (exact) mass is 265 g/mol. The predicted octanol–water partition coefficient (Wildman–Crippen LogP) is 3.41. The van der Waals surface area contributed by atoms with Crippen molar-refractivity contribution in [1.29, 1.82) is 0 Å². The summed E-state index contributed by atoms with van der Waals surface area (Å²) in [5.41, 5.74) is 1.44. The molecule has 0 unspecified atom stereocenters. The van der Waals surface area contributed by atoms with Crippen LogP contribution in [0.25, 0.3) is 6.08 Å². The maximum Gasteiger partial charge on any atom is 0.328 e. The number of anilines is 1. The van der Waals surface area contributed by atoms with Crippen molar-refractivity contribution in [3.8, 4) is 0 Å². The fourth-order valence-corrected chi connectivity index (χ4v) is 1.95. The number of carboxylic acid groups (broad SMARTS) is 1. The van der Waals surface area contributed by atoms with Gasteiger partial charge < -0.3 is 10.0 Å². The molecule has 19 heavy (non-hydrogen) atoms. The number of hydrogen-bond donors (Lipinski definition) is 1. The highest BCUT2D eigenvalue weighted by atomic mass is 19.1. The van der Waals surface area contributed by atoms with E-state index < -0.39 is 5.97 Å². The van der Waals surface area contributed by atoms with Crippen LogP contribution >= 0.6 is 0 Å². The molecule has 0 aromatic heterocycles. The molecule has 1 rings (SSSR count). The molecule has 3 nitrogen and oxygen atoms in total. The van der Waals surface area contributed by atoms with E-state index in [0.717, 1.165) is 24.9 Å². The highest BCUT2D eigenvalue weighted by molar-refractivity contribution is 5.87. The van der Waals surface area contributed by atoms with Gasteiger partial charge in [-0.2, -0.15) is 0 Å². The standard InChI is InChI=1S/C15H20FNO2/c1-4-17(10-11(2)3)14-7-6-13(16)9-12(14)5-8-15(18)19/h5-9,11H,4,10H2,1-3H3,(H,18,19)/b8-5+. The average Bonchev–Trinajstić information content (AvgIpc) is 2.33. The summed E-state index contributed by atoms with van der Waals surface area (Å²) in [7, 11) is 0. The lowest BCUT2D eigenvalue weighted by atomic mass is 10.1. The summed E-state index contributed by atoms with van der Waals surface area (Å²) in [5.74, 6) is -0.933. The van der Waals surface area contributed by atoms with Gasteiger partial charge in [-0.1, -0.05) is 13.8 Å². The van der Waals surface area contributed by atoms with Crippen LogP contribution in [0, 0.1) is 11.7 Å². The van der Waals surface area contributed by atoms with Gasteiger partial charge in [-0.25, -0.2) is 9.18 Å². The molecule has 0 atom stereocenters. The molecule has 0 aliphatic carbocycles. The van der Waals surface area contributed by atoms with Crippen molar-refractivity contribution >= 4 is 17.7 Å². The van der Waals surface area contributed by atoms with Crippen LogP contribution in [0.1, 0.15) is 26.3 Å². The Morgan fingerprint density at radius 1 is 1.47 bits per heavy atom. The maximum atomic E-state index is 13.3. The quantitative estimate of drug-likeness (QED) is 0.801. The van der Waals surface area contributed by atoms with E-state index in [1.807, 2.05) is 6.92 Å². The van der Waals surface area contributed by atoms with Crippen LogP contribution in [-0.4, -0.2) is 24.2 Å². The Balaban J connectivity index is 3.13. The summed E-state index contributed by atoms with van der Waals surface area (Å²) in [5, 5.41) is 8.68. The summed E-state index contributed by atoms with van der Waals surface area (Å²) >= 11 is 0. The van der Waals surface area contributed by atoms with Crippen molar-refractivity contribution in [2.75, 3.05) is 18.0 Å². The molecule has 0 saturated heterocycles. The number of halogens is 1. The molecule has 0 bridgehead atoms. The lowest BCUT2D eigenvalue weighted by Gasteiger charge is -2.26. The smallest absolute Gasteiger partial charge is 0.328 e. The lowest BCUT2D eigenvalue weighted by molar-refractivity contribution is -0.131. The van der Waals surface area contributed by atoms with Crippen molar-refractivity contribution in [3.05, 3.63) is 35.7 Å². The third kappa shape index (κ3) is 4.73. The zero-order valence-electron chi connectivity index (χ0n) is 11.6. The predicted molar refractivity (Wildman–Crippen MR) is 75.8 cm³/mol. The second-order valence-corrected chi connectivity index (χ2v) is 4.81. The minimum atomic E-state index is -1.04. The van der Waals surface area contributed by atoms with Gasteiger partial charge in [0.2, 0.25) is 0 Å². The van der Waals surface area contributed by atoms with Gasteiger partial charge in [0.1, 0.15) is 5.82 Å². The summed E-state index contributed by atoms with van der Waals surface area (Å²) in [6.45, 7) is 7.88. The topological polar surface area (TPSA) is 40.5 Å². The van der Waals surface area contributed by atoms with Gasteiger partial charge >= 0.3 is 5.97 Å². The van der Waals surface area contributed by atoms with E-state index in [1.165, 1.54) is 18.2 Å². The van der Waals surface area contributed by atoms with Crippen LogP contribution < -0.4 is 4.90 Å². The Bertz CT molecular complexity index is 469. The third-order valence-electron chi connectivity index (χ3n) is 2.70. The number of hydrogen-bond acceptors (Lipinski definition) is 2. The zero-order chi connectivity index (χ0) is 14.4. The van der Waals surface area contributed by atoms with Gasteiger partial charge in [-0.15, -0.1) is 0 Å². The maximum absolute atomic E-state index is 13.3. The van der Waals surface area contributed by atoms with Gasteiger partial charge in [0.05, 0.1) is 0 Å². The molecule has 1 N–H and O–H groups in total. The number of rotatable bonds is 6. The number of benzene rings is 1. The van der Waals surface area contributed by atoms with E-state index in [2.05, 4.69) is 18.7 Å². The van der Waals surface area contributed by atoms with Crippen molar-refractivity contribution in [2.45, 2.75) is 20.8 Å². The van der Waals surface area contributed by atoms with E-state index in [1.54, 1.807) is 6.07 Å². The first-order valence-electron chi connectivity index (χ1n) is 6.39. The molecule has 0 aliphatic rings. The second kappa shape index (κ2) is 6.92. The molecule has 0 fully saturated rings. The molecule has 0 heterocycles.